The number of nitrogens with zero attached hydrogens (tertiary/aromatic N) is 1. The molecule has 5 heteroatoms. The molecule has 1 aliphatic rings. The van der Waals surface area contributed by atoms with E-state index in [1.54, 1.807) is 0 Å². The van der Waals surface area contributed by atoms with E-state index in [1.807, 2.05) is 24.3 Å². The third kappa shape index (κ3) is 2.81. The molecule has 0 saturated carbocycles. The van der Waals surface area contributed by atoms with E-state index in [0.29, 0.717) is 6.54 Å². The maximum Gasteiger partial charge on any atom is 0.375 e. The van der Waals surface area contributed by atoms with Gasteiger partial charge in [0.05, 0.1) is 13.0 Å². The van der Waals surface area contributed by atoms with E-state index in [-0.39, 0.29) is 0 Å². The predicted octanol–water partition coefficient (Wildman–Crippen LogP) is 2.12. The molecule has 1 aliphatic heterocycles. The predicted molar refractivity (Wildman–Crippen MR) is 76.8 cm³/mol. The van der Waals surface area contributed by atoms with Gasteiger partial charge in [-0.15, -0.1) is 0 Å². The van der Waals surface area contributed by atoms with Gasteiger partial charge in [0.15, 0.2) is 0 Å². The zero-order chi connectivity index (χ0) is 13.8. The highest BCUT2D eigenvalue weighted by molar-refractivity contribution is 9.09. The molecule has 0 radical (unpaired) electrons. The maximum absolute atomic E-state index is 12.0. The summed E-state index contributed by atoms with van der Waals surface area (Å²) in [6, 6.07) is 7.75. The molecule has 102 valence electrons. The molecule has 1 aromatic carbocycles. The van der Waals surface area contributed by atoms with Crippen LogP contribution in [0.25, 0.3) is 0 Å². The smallest absolute Gasteiger partial charge is 0.375 e. The normalized spacial score (nSPS) is 17.2. The van der Waals surface area contributed by atoms with Crippen molar-refractivity contribution >= 4 is 33.4 Å². The number of alkyl halides is 1. The number of anilines is 1. The Labute approximate surface area is 120 Å². The SMILES string of the molecule is COC(=O)C(=O)C1CN(CCCBr)c2ccccc21. The van der Waals surface area contributed by atoms with E-state index in [0.717, 1.165) is 29.5 Å². The summed E-state index contributed by atoms with van der Waals surface area (Å²) in [5.74, 6) is -1.63. The lowest BCUT2D eigenvalue weighted by atomic mass is 9.97. The molecule has 0 amide bonds. The first-order valence-electron chi connectivity index (χ1n) is 6.21. The fourth-order valence-electron chi connectivity index (χ4n) is 2.42. The fraction of sp³-hybridized carbons (Fsp3) is 0.429. The van der Waals surface area contributed by atoms with E-state index < -0.39 is 17.7 Å². The van der Waals surface area contributed by atoms with Gasteiger partial charge < -0.3 is 9.64 Å². The highest BCUT2D eigenvalue weighted by atomic mass is 79.9. The van der Waals surface area contributed by atoms with Crippen LogP contribution < -0.4 is 4.90 Å². The molecule has 4 nitrogen and oxygen atoms in total. The summed E-state index contributed by atoms with van der Waals surface area (Å²) in [6.07, 6.45) is 0.994. The van der Waals surface area contributed by atoms with Gasteiger partial charge in [-0.1, -0.05) is 34.1 Å². The quantitative estimate of drug-likeness (QED) is 0.472. The molecule has 0 N–H and O–H groups in total. The fourth-order valence-corrected chi connectivity index (χ4v) is 2.67. The maximum atomic E-state index is 12.0. The lowest BCUT2D eigenvalue weighted by molar-refractivity contribution is -0.152. The van der Waals surface area contributed by atoms with Crippen molar-refractivity contribution < 1.29 is 14.3 Å². The first kappa shape index (κ1) is 14.1. The molecule has 19 heavy (non-hydrogen) atoms. The monoisotopic (exact) mass is 325 g/mol. The number of benzene rings is 1. The topological polar surface area (TPSA) is 46.6 Å². The van der Waals surface area contributed by atoms with Gasteiger partial charge in [-0.05, 0) is 18.1 Å². The van der Waals surface area contributed by atoms with Crippen LogP contribution >= 0.6 is 15.9 Å². The zero-order valence-corrected chi connectivity index (χ0v) is 12.4. The van der Waals surface area contributed by atoms with Crippen LogP contribution in [0.5, 0.6) is 0 Å². The molecule has 0 fully saturated rings. The van der Waals surface area contributed by atoms with E-state index in [9.17, 15) is 9.59 Å². The van der Waals surface area contributed by atoms with Gasteiger partial charge in [0.2, 0.25) is 5.78 Å². The number of carbonyl (C=O) groups is 2. The number of ketones is 1. The highest BCUT2D eigenvalue weighted by Crippen LogP contribution is 2.36. The largest absolute Gasteiger partial charge is 0.463 e. The Morgan fingerprint density at radius 3 is 2.84 bits per heavy atom. The number of Topliss-reactive ketones (excluding diaryl/α,β-unsaturated/α-hetero) is 1. The van der Waals surface area contributed by atoms with Crippen LogP contribution in [0.2, 0.25) is 0 Å². The van der Waals surface area contributed by atoms with Crippen molar-refractivity contribution in [2.24, 2.45) is 0 Å². The number of para-hydroxylation sites is 1. The summed E-state index contributed by atoms with van der Waals surface area (Å²) in [7, 11) is 1.24. The van der Waals surface area contributed by atoms with Crippen LogP contribution in [-0.2, 0) is 14.3 Å². The Hall–Kier alpha value is -1.36. The van der Waals surface area contributed by atoms with E-state index in [4.69, 9.17) is 0 Å². The average Bonchev–Trinajstić information content (AvgIpc) is 2.82. The minimum atomic E-state index is -0.762. The van der Waals surface area contributed by atoms with E-state index in [2.05, 4.69) is 25.6 Å². The van der Waals surface area contributed by atoms with Gasteiger partial charge in [-0.25, -0.2) is 4.79 Å². The number of hydrogen-bond donors (Lipinski definition) is 0. The molecule has 1 unspecified atom stereocenters. The van der Waals surface area contributed by atoms with Crippen molar-refractivity contribution in [2.75, 3.05) is 30.4 Å². The average molecular weight is 326 g/mol. The Morgan fingerprint density at radius 2 is 2.16 bits per heavy atom. The molecule has 0 saturated heterocycles. The lowest BCUT2D eigenvalue weighted by Gasteiger charge is -2.18. The van der Waals surface area contributed by atoms with Crippen molar-refractivity contribution in [2.45, 2.75) is 12.3 Å². The van der Waals surface area contributed by atoms with Crippen molar-refractivity contribution in [3.63, 3.8) is 0 Å². The summed E-state index contributed by atoms with van der Waals surface area (Å²) < 4.78 is 4.54. The summed E-state index contributed by atoms with van der Waals surface area (Å²) in [4.78, 5) is 25.6. The minimum absolute atomic E-state index is 0.404. The van der Waals surface area contributed by atoms with Crippen molar-refractivity contribution in [3.05, 3.63) is 29.8 Å². The molecular formula is C14H16BrNO3. The summed E-state index contributed by atoms with van der Waals surface area (Å²) >= 11 is 3.41. The molecule has 0 aliphatic carbocycles. The standard InChI is InChI=1S/C14H16BrNO3/c1-19-14(18)13(17)11-9-16(8-4-7-15)12-6-3-2-5-10(11)12/h2-3,5-6,11H,4,7-9H2,1H3. The van der Waals surface area contributed by atoms with Gasteiger partial charge >= 0.3 is 5.97 Å². The van der Waals surface area contributed by atoms with Gasteiger partial charge in [-0.3, -0.25) is 4.79 Å². The molecule has 2 rings (SSSR count). The van der Waals surface area contributed by atoms with Gasteiger partial charge in [-0.2, -0.15) is 0 Å². The number of carbonyl (C=O) groups excluding carboxylic acids is 2. The first-order valence-corrected chi connectivity index (χ1v) is 7.33. The number of fused-ring (bicyclic) bond motifs is 1. The third-order valence-electron chi connectivity index (χ3n) is 3.32. The van der Waals surface area contributed by atoms with Crippen LogP contribution in [0.1, 0.15) is 17.9 Å². The number of methoxy groups -OCH3 is 1. The molecule has 1 aromatic rings. The molecule has 0 aromatic heterocycles. The highest BCUT2D eigenvalue weighted by Gasteiger charge is 2.36. The molecule has 0 bridgehead atoms. The van der Waals surface area contributed by atoms with Gasteiger partial charge in [0, 0.05) is 24.1 Å². The van der Waals surface area contributed by atoms with Crippen molar-refractivity contribution in [3.8, 4) is 0 Å². The minimum Gasteiger partial charge on any atom is -0.463 e. The van der Waals surface area contributed by atoms with Gasteiger partial charge in [0.1, 0.15) is 0 Å². The molecule has 1 atom stereocenters. The Bertz CT molecular complexity index is 489. The summed E-state index contributed by atoms with van der Waals surface area (Å²) in [6.45, 7) is 1.42. The third-order valence-corrected chi connectivity index (χ3v) is 3.88. The van der Waals surface area contributed by atoms with Crippen molar-refractivity contribution in [1.82, 2.24) is 0 Å². The number of rotatable bonds is 5. The molecular weight excluding hydrogens is 310 g/mol. The van der Waals surface area contributed by atoms with Crippen molar-refractivity contribution in [1.29, 1.82) is 0 Å². The second kappa shape index (κ2) is 6.19. The van der Waals surface area contributed by atoms with E-state index in [1.165, 1.54) is 7.11 Å². The lowest BCUT2D eigenvalue weighted by Crippen LogP contribution is -2.29. The first-order chi connectivity index (χ1) is 9.19. The summed E-state index contributed by atoms with van der Waals surface area (Å²) in [5, 5.41) is 0.918. The Balaban J connectivity index is 2.24. The molecule has 0 spiro atoms. The van der Waals surface area contributed by atoms with Crippen LogP contribution in [0.15, 0.2) is 24.3 Å². The van der Waals surface area contributed by atoms with Gasteiger partial charge in [0.25, 0.3) is 0 Å². The number of hydrogen-bond acceptors (Lipinski definition) is 4. The summed E-state index contributed by atoms with van der Waals surface area (Å²) in [5.41, 5.74) is 1.97. The van der Waals surface area contributed by atoms with E-state index >= 15 is 0 Å². The van der Waals surface area contributed by atoms with Crippen LogP contribution in [0.3, 0.4) is 0 Å². The second-order valence-electron chi connectivity index (χ2n) is 4.46. The van der Waals surface area contributed by atoms with Crippen LogP contribution in [-0.4, -0.2) is 37.3 Å². The number of halogens is 1. The van der Waals surface area contributed by atoms with Crippen LogP contribution in [0.4, 0.5) is 5.69 Å². The zero-order valence-electron chi connectivity index (χ0n) is 10.8. The second-order valence-corrected chi connectivity index (χ2v) is 5.25. The number of ether oxygens (including phenoxy) is 1. The number of esters is 1. The Morgan fingerprint density at radius 1 is 1.42 bits per heavy atom. The van der Waals surface area contributed by atoms with Crippen LogP contribution in [0, 0.1) is 0 Å². The molecule has 1 heterocycles. The Kier molecular flexibility index (Phi) is 4.58.